The number of hydrogen-bond acceptors (Lipinski definition) is 4. The second-order valence-electron chi connectivity index (χ2n) is 6.77. The van der Waals surface area contributed by atoms with E-state index in [0.29, 0.717) is 6.54 Å². The number of aromatic nitrogens is 1. The first kappa shape index (κ1) is 16.9. The first-order valence-electron chi connectivity index (χ1n) is 8.68. The maximum Gasteiger partial charge on any atom is 0.234 e. The van der Waals surface area contributed by atoms with Gasteiger partial charge in [0, 0.05) is 50.3 Å². The van der Waals surface area contributed by atoms with Crippen molar-refractivity contribution in [2.75, 3.05) is 32.7 Å². The average molecular weight is 326 g/mol. The maximum absolute atomic E-state index is 11.9. The van der Waals surface area contributed by atoms with Crippen molar-refractivity contribution in [2.24, 2.45) is 0 Å². The van der Waals surface area contributed by atoms with Gasteiger partial charge < -0.3 is 5.32 Å². The summed E-state index contributed by atoms with van der Waals surface area (Å²) in [6.45, 7) is 9.24. The van der Waals surface area contributed by atoms with Crippen molar-refractivity contribution in [2.45, 2.75) is 26.4 Å². The molecule has 128 valence electrons. The van der Waals surface area contributed by atoms with Gasteiger partial charge in [0.2, 0.25) is 5.91 Å². The van der Waals surface area contributed by atoms with E-state index in [9.17, 15) is 4.79 Å². The molecule has 1 fully saturated rings. The lowest BCUT2D eigenvalue weighted by atomic mass is 10.1. The van der Waals surface area contributed by atoms with E-state index in [0.717, 1.165) is 38.2 Å². The summed E-state index contributed by atoms with van der Waals surface area (Å²) >= 11 is 0. The largest absolute Gasteiger partial charge is 0.353 e. The molecule has 2 heterocycles. The second-order valence-corrected chi connectivity index (χ2v) is 6.77. The lowest BCUT2D eigenvalue weighted by molar-refractivity contribution is -0.123. The Labute approximate surface area is 143 Å². The molecule has 3 rings (SSSR count). The molecule has 1 aliphatic rings. The molecule has 0 unspecified atom stereocenters. The Kier molecular flexibility index (Phi) is 5.43. The monoisotopic (exact) mass is 326 g/mol. The van der Waals surface area contributed by atoms with E-state index in [1.165, 1.54) is 10.9 Å². The Bertz CT molecular complexity index is 687. The molecule has 0 spiro atoms. The van der Waals surface area contributed by atoms with E-state index < -0.39 is 0 Å². The molecule has 0 bridgehead atoms. The fraction of sp³-hybridized carbons (Fsp3) is 0.474. The molecule has 1 aromatic carbocycles. The van der Waals surface area contributed by atoms with Crippen LogP contribution in [-0.2, 0) is 11.3 Å². The van der Waals surface area contributed by atoms with Crippen LogP contribution in [0.15, 0.2) is 36.5 Å². The van der Waals surface area contributed by atoms with Gasteiger partial charge in [0.05, 0.1) is 12.1 Å². The van der Waals surface area contributed by atoms with Crippen LogP contribution in [0.5, 0.6) is 0 Å². The van der Waals surface area contributed by atoms with Crippen molar-refractivity contribution < 1.29 is 4.79 Å². The van der Waals surface area contributed by atoms with Crippen molar-refractivity contribution in [3.8, 4) is 0 Å². The van der Waals surface area contributed by atoms with E-state index in [1.807, 2.05) is 26.1 Å². The lowest BCUT2D eigenvalue weighted by Gasteiger charge is -2.34. The minimum atomic E-state index is 0.122. The number of nitrogens with one attached hydrogen (secondary N) is 1. The van der Waals surface area contributed by atoms with Gasteiger partial charge >= 0.3 is 0 Å². The molecule has 0 radical (unpaired) electrons. The number of carbonyl (C=O) groups excluding carboxylic acids is 1. The number of carbonyl (C=O) groups is 1. The summed E-state index contributed by atoms with van der Waals surface area (Å²) in [6, 6.07) is 10.7. The summed E-state index contributed by atoms with van der Waals surface area (Å²) in [7, 11) is 0. The summed E-state index contributed by atoms with van der Waals surface area (Å²) < 4.78 is 0. The highest BCUT2D eigenvalue weighted by Gasteiger charge is 2.19. The Morgan fingerprint density at radius 1 is 1.12 bits per heavy atom. The lowest BCUT2D eigenvalue weighted by Crippen LogP contribution is -2.49. The fourth-order valence-electron chi connectivity index (χ4n) is 3.21. The Hall–Kier alpha value is -1.98. The topological polar surface area (TPSA) is 48.5 Å². The first-order valence-corrected chi connectivity index (χ1v) is 8.68. The second kappa shape index (κ2) is 7.73. The molecule has 2 aromatic rings. The molecular weight excluding hydrogens is 300 g/mol. The zero-order valence-corrected chi connectivity index (χ0v) is 14.5. The smallest absolute Gasteiger partial charge is 0.234 e. The molecule has 5 nitrogen and oxygen atoms in total. The van der Waals surface area contributed by atoms with E-state index in [-0.39, 0.29) is 11.9 Å². The van der Waals surface area contributed by atoms with E-state index >= 15 is 0 Å². The van der Waals surface area contributed by atoms with Crippen LogP contribution < -0.4 is 5.32 Å². The highest BCUT2D eigenvalue weighted by Crippen LogP contribution is 2.18. The fourth-order valence-corrected chi connectivity index (χ4v) is 3.21. The van der Waals surface area contributed by atoms with E-state index in [2.05, 4.69) is 44.4 Å². The van der Waals surface area contributed by atoms with Gasteiger partial charge in [-0.05, 0) is 25.5 Å². The summed E-state index contributed by atoms with van der Waals surface area (Å²) in [6.07, 6.45) is 1.86. The van der Waals surface area contributed by atoms with Crippen LogP contribution in [0.2, 0.25) is 0 Å². The highest BCUT2D eigenvalue weighted by atomic mass is 16.2. The van der Waals surface area contributed by atoms with Gasteiger partial charge in [-0.1, -0.05) is 24.3 Å². The quantitative estimate of drug-likeness (QED) is 0.911. The van der Waals surface area contributed by atoms with E-state index in [1.54, 1.807) is 0 Å². The number of fused-ring (bicyclic) bond motifs is 1. The number of para-hydroxylation sites is 1. The zero-order valence-electron chi connectivity index (χ0n) is 14.5. The van der Waals surface area contributed by atoms with Crippen LogP contribution in [0.4, 0.5) is 0 Å². The van der Waals surface area contributed by atoms with Gasteiger partial charge in [-0.2, -0.15) is 0 Å². The zero-order chi connectivity index (χ0) is 16.9. The normalized spacial score (nSPS) is 16.6. The number of amides is 1. The number of pyridine rings is 1. The summed E-state index contributed by atoms with van der Waals surface area (Å²) in [5.41, 5.74) is 2.37. The molecule has 0 saturated carbocycles. The Morgan fingerprint density at radius 3 is 2.58 bits per heavy atom. The van der Waals surface area contributed by atoms with Gasteiger partial charge in [0.15, 0.2) is 0 Å². The van der Waals surface area contributed by atoms with Gasteiger partial charge in [0.25, 0.3) is 0 Å². The highest BCUT2D eigenvalue weighted by molar-refractivity contribution is 5.81. The molecule has 24 heavy (non-hydrogen) atoms. The van der Waals surface area contributed by atoms with Crippen LogP contribution in [0, 0.1) is 0 Å². The molecule has 1 N–H and O–H groups in total. The number of piperazine rings is 1. The predicted octanol–water partition coefficient (Wildman–Crippen LogP) is 1.88. The number of benzene rings is 1. The number of nitrogens with zero attached hydrogens (tertiary/aromatic N) is 3. The minimum Gasteiger partial charge on any atom is -0.353 e. The molecule has 0 atom stereocenters. The molecule has 1 amide bonds. The molecule has 1 saturated heterocycles. The Balaban J connectivity index is 1.54. The van der Waals surface area contributed by atoms with Gasteiger partial charge in [-0.15, -0.1) is 0 Å². The van der Waals surface area contributed by atoms with Crippen molar-refractivity contribution in [1.82, 2.24) is 20.1 Å². The number of hydrogen-bond donors (Lipinski definition) is 1. The first-order chi connectivity index (χ1) is 11.6. The third-order valence-electron chi connectivity index (χ3n) is 4.39. The van der Waals surface area contributed by atoms with Crippen LogP contribution in [0.1, 0.15) is 19.4 Å². The SMILES string of the molecule is CC(C)NC(=O)CN1CCN(Cc2cccc3cccnc23)CC1. The van der Waals surface area contributed by atoms with Gasteiger partial charge in [0.1, 0.15) is 0 Å². The molecule has 5 heteroatoms. The average Bonchev–Trinajstić information content (AvgIpc) is 2.56. The Morgan fingerprint density at radius 2 is 1.83 bits per heavy atom. The number of rotatable bonds is 5. The van der Waals surface area contributed by atoms with Gasteiger partial charge in [-0.3, -0.25) is 19.6 Å². The summed E-state index contributed by atoms with van der Waals surface area (Å²) in [4.78, 5) is 21.1. The summed E-state index contributed by atoms with van der Waals surface area (Å²) in [5, 5.41) is 4.15. The van der Waals surface area contributed by atoms with Crippen molar-refractivity contribution >= 4 is 16.8 Å². The molecule has 1 aliphatic heterocycles. The van der Waals surface area contributed by atoms with Gasteiger partial charge in [-0.25, -0.2) is 0 Å². The van der Waals surface area contributed by atoms with Crippen molar-refractivity contribution in [3.63, 3.8) is 0 Å². The standard InChI is InChI=1S/C19H26N4O/c1-15(2)21-18(24)14-23-11-9-22(10-12-23)13-17-6-3-5-16-7-4-8-20-19(16)17/h3-8,15H,9-14H2,1-2H3,(H,21,24). The minimum absolute atomic E-state index is 0.122. The maximum atomic E-state index is 11.9. The van der Waals surface area contributed by atoms with Crippen LogP contribution in [0.25, 0.3) is 10.9 Å². The van der Waals surface area contributed by atoms with Crippen LogP contribution >= 0.6 is 0 Å². The van der Waals surface area contributed by atoms with Crippen molar-refractivity contribution in [1.29, 1.82) is 0 Å². The van der Waals surface area contributed by atoms with Crippen LogP contribution in [0.3, 0.4) is 0 Å². The third-order valence-corrected chi connectivity index (χ3v) is 4.39. The molecule has 1 aromatic heterocycles. The third kappa shape index (κ3) is 4.30. The van der Waals surface area contributed by atoms with E-state index in [4.69, 9.17) is 0 Å². The van der Waals surface area contributed by atoms with Crippen molar-refractivity contribution in [3.05, 3.63) is 42.1 Å². The molecule has 0 aliphatic carbocycles. The molecular formula is C19H26N4O. The summed E-state index contributed by atoms with van der Waals surface area (Å²) in [5.74, 6) is 0.122. The van der Waals surface area contributed by atoms with Crippen LogP contribution in [-0.4, -0.2) is 59.5 Å². The predicted molar refractivity (Wildman–Crippen MR) is 96.7 cm³/mol.